The minimum absolute atomic E-state index is 0.236. The van der Waals surface area contributed by atoms with Crippen molar-refractivity contribution < 1.29 is 9.53 Å². The Hall–Kier alpha value is -1.71. The maximum Gasteiger partial charge on any atom is 0.265 e. The lowest BCUT2D eigenvalue weighted by atomic mass is 10.2. The number of amides is 1. The molecule has 3 nitrogen and oxygen atoms in total. The minimum atomic E-state index is -0.640. The minimum Gasteiger partial charge on any atom is -0.481 e. The van der Waals surface area contributed by atoms with Crippen LogP contribution in [0.2, 0.25) is 10.0 Å². The van der Waals surface area contributed by atoms with Crippen molar-refractivity contribution in [3.8, 4) is 5.75 Å². The molecule has 1 N–H and O–H groups in total. The van der Waals surface area contributed by atoms with E-state index in [1.54, 1.807) is 49.4 Å². The Morgan fingerprint density at radius 3 is 2.52 bits per heavy atom. The fourth-order valence-corrected chi connectivity index (χ4v) is 2.21. The summed E-state index contributed by atoms with van der Waals surface area (Å²) in [4.78, 5) is 12.1. The molecule has 0 spiro atoms. The van der Waals surface area contributed by atoms with E-state index in [-0.39, 0.29) is 5.91 Å². The number of carbonyl (C=O) groups is 1. The van der Waals surface area contributed by atoms with E-state index < -0.39 is 6.10 Å². The molecule has 0 aromatic heterocycles. The smallest absolute Gasteiger partial charge is 0.265 e. The second-order valence-corrected chi connectivity index (χ2v) is 5.54. The van der Waals surface area contributed by atoms with Gasteiger partial charge >= 0.3 is 0 Å². The van der Waals surface area contributed by atoms with Crippen LogP contribution in [0, 0.1) is 6.92 Å². The molecule has 0 aliphatic carbocycles. The zero-order chi connectivity index (χ0) is 15.4. The van der Waals surface area contributed by atoms with Gasteiger partial charge in [0.2, 0.25) is 0 Å². The number of aryl methyl sites for hydroxylation is 1. The van der Waals surface area contributed by atoms with Crippen molar-refractivity contribution in [2.24, 2.45) is 0 Å². The first-order chi connectivity index (χ1) is 9.95. The molecule has 0 heterocycles. The van der Waals surface area contributed by atoms with Gasteiger partial charge in [0.1, 0.15) is 5.75 Å². The highest BCUT2D eigenvalue weighted by Crippen LogP contribution is 2.21. The number of hydrogen-bond donors (Lipinski definition) is 1. The van der Waals surface area contributed by atoms with Crippen molar-refractivity contribution in [2.75, 3.05) is 5.32 Å². The number of carbonyl (C=O) groups excluding carboxylic acids is 1. The van der Waals surface area contributed by atoms with Crippen LogP contribution in [0.25, 0.3) is 0 Å². The van der Waals surface area contributed by atoms with Gasteiger partial charge < -0.3 is 10.1 Å². The number of anilines is 1. The Bertz CT molecular complexity index is 658. The third kappa shape index (κ3) is 4.38. The molecule has 5 heteroatoms. The van der Waals surface area contributed by atoms with Crippen molar-refractivity contribution in [1.82, 2.24) is 0 Å². The van der Waals surface area contributed by atoms with Crippen LogP contribution in [0.3, 0.4) is 0 Å². The number of rotatable bonds is 4. The molecular formula is C16H15Cl2NO2. The van der Waals surface area contributed by atoms with E-state index in [1.165, 1.54) is 0 Å². The van der Waals surface area contributed by atoms with E-state index in [9.17, 15) is 4.79 Å². The monoisotopic (exact) mass is 323 g/mol. The Balaban J connectivity index is 2.02. The van der Waals surface area contributed by atoms with Gasteiger partial charge in [0.25, 0.3) is 5.91 Å². The Morgan fingerprint density at radius 1 is 1.14 bits per heavy atom. The quantitative estimate of drug-likeness (QED) is 0.885. The highest BCUT2D eigenvalue weighted by Gasteiger charge is 2.15. The van der Waals surface area contributed by atoms with E-state index in [1.807, 2.05) is 6.92 Å². The molecule has 1 atom stereocenters. The highest BCUT2D eigenvalue weighted by molar-refractivity contribution is 6.31. The molecule has 0 aliphatic heterocycles. The van der Waals surface area contributed by atoms with Crippen LogP contribution in [0.4, 0.5) is 5.69 Å². The summed E-state index contributed by atoms with van der Waals surface area (Å²) < 4.78 is 5.57. The molecule has 0 radical (unpaired) electrons. The van der Waals surface area contributed by atoms with Gasteiger partial charge in [0.05, 0.1) is 0 Å². The van der Waals surface area contributed by atoms with E-state index in [0.717, 1.165) is 5.56 Å². The molecule has 0 bridgehead atoms. The van der Waals surface area contributed by atoms with Crippen molar-refractivity contribution in [1.29, 1.82) is 0 Å². The summed E-state index contributed by atoms with van der Waals surface area (Å²) in [6, 6.07) is 12.2. The summed E-state index contributed by atoms with van der Waals surface area (Å²) in [5.74, 6) is 0.318. The van der Waals surface area contributed by atoms with Crippen LogP contribution in [0.5, 0.6) is 5.75 Å². The fourth-order valence-electron chi connectivity index (χ4n) is 1.80. The number of nitrogens with one attached hydrogen (secondary N) is 1. The van der Waals surface area contributed by atoms with E-state index >= 15 is 0 Å². The van der Waals surface area contributed by atoms with Crippen molar-refractivity contribution in [3.63, 3.8) is 0 Å². The Labute approximate surface area is 133 Å². The SMILES string of the molecule is Cc1cc(Cl)ccc1NC(=O)C(C)Oc1cccc(Cl)c1. The molecule has 21 heavy (non-hydrogen) atoms. The average molecular weight is 324 g/mol. The summed E-state index contributed by atoms with van der Waals surface area (Å²) in [5.41, 5.74) is 1.61. The lowest BCUT2D eigenvalue weighted by Gasteiger charge is -2.16. The third-order valence-electron chi connectivity index (χ3n) is 2.92. The molecule has 110 valence electrons. The Kier molecular flexibility index (Phi) is 5.10. The Morgan fingerprint density at radius 2 is 1.86 bits per heavy atom. The van der Waals surface area contributed by atoms with Crippen molar-refractivity contribution >= 4 is 34.8 Å². The maximum atomic E-state index is 12.1. The zero-order valence-corrected chi connectivity index (χ0v) is 13.2. The molecule has 1 amide bonds. The van der Waals surface area contributed by atoms with Gasteiger partial charge in [-0.1, -0.05) is 29.3 Å². The summed E-state index contributed by atoms with van der Waals surface area (Å²) in [6.07, 6.45) is -0.640. The molecule has 0 saturated carbocycles. The van der Waals surface area contributed by atoms with Gasteiger partial charge in [-0.05, 0) is 55.8 Å². The van der Waals surface area contributed by atoms with Crippen molar-refractivity contribution in [3.05, 3.63) is 58.1 Å². The number of halogens is 2. The second kappa shape index (κ2) is 6.83. The van der Waals surface area contributed by atoms with Crippen LogP contribution >= 0.6 is 23.2 Å². The maximum absolute atomic E-state index is 12.1. The summed E-state index contributed by atoms with van der Waals surface area (Å²) in [5, 5.41) is 4.01. The van der Waals surface area contributed by atoms with Crippen LogP contribution in [-0.2, 0) is 4.79 Å². The number of benzene rings is 2. The normalized spacial score (nSPS) is 11.8. The molecule has 2 aromatic carbocycles. The summed E-state index contributed by atoms with van der Waals surface area (Å²) in [7, 11) is 0. The molecule has 2 rings (SSSR count). The largest absolute Gasteiger partial charge is 0.481 e. The molecule has 0 saturated heterocycles. The average Bonchev–Trinajstić information content (AvgIpc) is 2.41. The second-order valence-electron chi connectivity index (χ2n) is 4.67. The fraction of sp³-hybridized carbons (Fsp3) is 0.188. The van der Waals surface area contributed by atoms with E-state index in [0.29, 0.717) is 21.5 Å². The molecule has 0 fully saturated rings. The van der Waals surface area contributed by atoms with Crippen LogP contribution < -0.4 is 10.1 Å². The first-order valence-corrected chi connectivity index (χ1v) is 7.20. The van der Waals surface area contributed by atoms with E-state index in [4.69, 9.17) is 27.9 Å². The van der Waals surface area contributed by atoms with Crippen LogP contribution in [0.15, 0.2) is 42.5 Å². The van der Waals surface area contributed by atoms with Crippen LogP contribution in [-0.4, -0.2) is 12.0 Å². The molecule has 2 aromatic rings. The van der Waals surface area contributed by atoms with Gasteiger partial charge in [-0.15, -0.1) is 0 Å². The van der Waals surface area contributed by atoms with Gasteiger partial charge in [-0.3, -0.25) is 4.79 Å². The van der Waals surface area contributed by atoms with Crippen LogP contribution in [0.1, 0.15) is 12.5 Å². The standard InChI is InChI=1S/C16H15Cl2NO2/c1-10-8-13(18)6-7-15(10)19-16(20)11(2)21-14-5-3-4-12(17)9-14/h3-9,11H,1-2H3,(H,19,20). The lowest BCUT2D eigenvalue weighted by molar-refractivity contribution is -0.122. The number of hydrogen-bond acceptors (Lipinski definition) is 2. The van der Waals surface area contributed by atoms with E-state index in [2.05, 4.69) is 5.32 Å². The summed E-state index contributed by atoms with van der Waals surface area (Å²) >= 11 is 11.8. The number of ether oxygens (including phenoxy) is 1. The van der Waals surface area contributed by atoms with Gasteiger partial charge in [0.15, 0.2) is 6.10 Å². The van der Waals surface area contributed by atoms with Crippen molar-refractivity contribution in [2.45, 2.75) is 20.0 Å². The van der Waals surface area contributed by atoms with Gasteiger partial charge in [-0.25, -0.2) is 0 Å². The topological polar surface area (TPSA) is 38.3 Å². The lowest BCUT2D eigenvalue weighted by Crippen LogP contribution is -2.30. The molecule has 0 aliphatic rings. The molecule has 1 unspecified atom stereocenters. The third-order valence-corrected chi connectivity index (χ3v) is 3.39. The summed E-state index contributed by atoms with van der Waals surface area (Å²) in [6.45, 7) is 3.56. The predicted molar refractivity (Wildman–Crippen MR) is 86.4 cm³/mol. The van der Waals surface area contributed by atoms with Gasteiger partial charge in [-0.2, -0.15) is 0 Å². The zero-order valence-electron chi connectivity index (χ0n) is 11.7. The molecular weight excluding hydrogens is 309 g/mol. The first kappa shape index (κ1) is 15.7. The van der Waals surface area contributed by atoms with Gasteiger partial charge in [0, 0.05) is 15.7 Å². The first-order valence-electron chi connectivity index (χ1n) is 6.45. The predicted octanol–water partition coefficient (Wildman–Crippen LogP) is 4.71. The highest BCUT2D eigenvalue weighted by atomic mass is 35.5.